The second kappa shape index (κ2) is 9.14. The highest BCUT2D eigenvalue weighted by Crippen LogP contribution is 2.11. The van der Waals surface area contributed by atoms with Crippen molar-refractivity contribution in [3.05, 3.63) is 35.9 Å². The van der Waals surface area contributed by atoms with Gasteiger partial charge in [-0.1, -0.05) is 18.2 Å². The molecule has 1 aliphatic rings. The summed E-state index contributed by atoms with van der Waals surface area (Å²) in [5.41, 5.74) is 0.647. The SMILES string of the molecule is CCS(=O)(=O)N1CCN(C(=O)c2ccccc2)CC1.O=C(O)C(=O)O. The van der Waals surface area contributed by atoms with E-state index < -0.39 is 22.0 Å². The van der Waals surface area contributed by atoms with Gasteiger partial charge >= 0.3 is 11.9 Å². The third-order valence-corrected chi connectivity index (χ3v) is 5.37. The zero-order valence-electron chi connectivity index (χ0n) is 13.7. The number of carbonyl (C=O) groups is 3. The lowest BCUT2D eigenvalue weighted by Gasteiger charge is -2.33. The van der Waals surface area contributed by atoms with Crippen molar-refractivity contribution in [2.24, 2.45) is 0 Å². The molecule has 1 aliphatic heterocycles. The van der Waals surface area contributed by atoms with E-state index in [-0.39, 0.29) is 11.7 Å². The van der Waals surface area contributed by atoms with Gasteiger partial charge in [0.2, 0.25) is 10.0 Å². The van der Waals surface area contributed by atoms with Gasteiger partial charge < -0.3 is 15.1 Å². The largest absolute Gasteiger partial charge is 0.473 e. The van der Waals surface area contributed by atoms with Gasteiger partial charge in [0, 0.05) is 31.7 Å². The van der Waals surface area contributed by atoms with E-state index in [0.29, 0.717) is 31.7 Å². The highest BCUT2D eigenvalue weighted by molar-refractivity contribution is 7.89. The minimum absolute atomic E-state index is 0.0332. The highest BCUT2D eigenvalue weighted by atomic mass is 32.2. The number of sulfonamides is 1. The fourth-order valence-corrected chi connectivity index (χ4v) is 3.20. The van der Waals surface area contributed by atoms with E-state index in [9.17, 15) is 13.2 Å². The average molecular weight is 372 g/mol. The minimum Gasteiger partial charge on any atom is -0.473 e. The third-order valence-electron chi connectivity index (χ3n) is 3.49. The van der Waals surface area contributed by atoms with Crippen molar-refractivity contribution in [2.45, 2.75) is 6.92 Å². The average Bonchev–Trinajstić information content (AvgIpc) is 2.62. The highest BCUT2D eigenvalue weighted by Gasteiger charge is 2.27. The second-order valence-electron chi connectivity index (χ2n) is 5.07. The van der Waals surface area contributed by atoms with E-state index in [4.69, 9.17) is 19.8 Å². The molecule has 0 bridgehead atoms. The maximum atomic E-state index is 12.2. The predicted molar refractivity (Wildman–Crippen MR) is 88.7 cm³/mol. The summed E-state index contributed by atoms with van der Waals surface area (Å²) < 4.78 is 24.9. The summed E-state index contributed by atoms with van der Waals surface area (Å²) in [5, 5.41) is 14.8. The molecule has 0 radical (unpaired) electrons. The van der Waals surface area contributed by atoms with Gasteiger partial charge in [0.1, 0.15) is 0 Å². The van der Waals surface area contributed by atoms with Gasteiger partial charge in [0.15, 0.2) is 0 Å². The summed E-state index contributed by atoms with van der Waals surface area (Å²) in [7, 11) is -3.14. The molecule has 0 unspecified atom stereocenters. The molecule has 2 N–H and O–H groups in total. The van der Waals surface area contributed by atoms with Crippen LogP contribution in [0.1, 0.15) is 17.3 Å². The van der Waals surface area contributed by atoms with Crippen molar-refractivity contribution < 1.29 is 33.0 Å². The Morgan fingerprint density at radius 3 is 1.84 bits per heavy atom. The van der Waals surface area contributed by atoms with Gasteiger partial charge in [-0.3, -0.25) is 4.79 Å². The van der Waals surface area contributed by atoms with Crippen LogP contribution in [0.25, 0.3) is 0 Å². The molecule has 1 fully saturated rings. The first kappa shape index (κ1) is 20.6. The first-order chi connectivity index (χ1) is 11.7. The van der Waals surface area contributed by atoms with Crippen LogP contribution in [0.15, 0.2) is 30.3 Å². The molecule has 1 saturated heterocycles. The smallest absolute Gasteiger partial charge is 0.414 e. The number of piperazine rings is 1. The van der Waals surface area contributed by atoms with Crippen LogP contribution in [0.4, 0.5) is 0 Å². The Morgan fingerprint density at radius 1 is 0.960 bits per heavy atom. The maximum Gasteiger partial charge on any atom is 0.414 e. The Morgan fingerprint density at radius 2 is 1.44 bits per heavy atom. The molecular weight excluding hydrogens is 352 g/mol. The molecule has 0 atom stereocenters. The van der Waals surface area contributed by atoms with Gasteiger partial charge in [0.05, 0.1) is 5.75 Å². The van der Waals surface area contributed by atoms with Crippen LogP contribution in [0.3, 0.4) is 0 Å². The molecule has 1 aromatic carbocycles. The molecule has 0 aliphatic carbocycles. The Kier molecular flexibility index (Phi) is 7.52. The molecule has 25 heavy (non-hydrogen) atoms. The molecule has 0 aromatic heterocycles. The van der Waals surface area contributed by atoms with E-state index in [0.717, 1.165) is 0 Å². The minimum atomic E-state index is -3.14. The van der Waals surface area contributed by atoms with Crippen molar-refractivity contribution in [1.29, 1.82) is 0 Å². The molecule has 1 aromatic rings. The van der Waals surface area contributed by atoms with Crippen molar-refractivity contribution >= 4 is 27.9 Å². The molecule has 10 heteroatoms. The normalized spacial score (nSPS) is 15.0. The molecular formula is C15H20N2O7S. The number of carboxylic acids is 2. The van der Waals surface area contributed by atoms with Crippen molar-refractivity contribution in [3.8, 4) is 0 Å². The van der Waals surface area contributed by atoms with Crippen molar-refractivity contribution in [2.75, 3.05) is 31.9 Å². The van der Waals surface area contributed by atoms with Gasteiger partial charge in [-0.15, -0.1) is 0 Å². The van der Waals surface area contributed by atoms with E-state index in [2.05, 4.69) is 0 Å². The molecule has 1 heterocycles. The topological polar surface area (TPSA) is 132 Å². The van der Waals surface area contributed by atoms with Crippen LogP contribution in [-0.2, 0) is 19.6 Å². The fourth-order valence-electron chi connectivity index (χ4n) is 2.12. The summed E-state index contributed by atoms with van der Waals surface area (Å²) in [4.78, 5) is 32.1. The third kappa shape index (κ3) is 6.16. The lowest BCUT2D eigenvalue weighted by molar-refractivity contribution is -0.159. The summed E-state index contributed by atoms with van der Waals surface area (Å²) in [6, 6.07) is 9.06. The first-order valence-corrected chi connectivity index (χ1v) is 9.08. The number of carboxylic acid groups (broad SMARTS) is 2. The number of rotatable bonds is 3. The monoisotopic (exact) mass is 372 g/mol. The van der Waals surface area contributed by atoms with E-state index >= 15 is 0 Å². The Bertz CT molecular complexity index is 699. The predicted octanol–water partition coefficient (Wildman–Crippen LogP) is -0.0503. The fraction of sp³-hybridized carbons (Fsp3) is 0.400. The van der Waals surface area contributed by atoms with E-state index in [1.807, 2.05) is 18.2 Å². The summed E-state index contributed by atoms with van der Waals surface area (Å²) in [6.07, 6.45) is 0. The number of hydrogen-bond acceptors (Lipinski definition) is 5. The lowest BCUT2D eigenvalue weighted by atomic mass is 10.2. The molecule has 0 saturated carbocycles. The Hall–Kier alpha value is -2.46. The number of benzene rings is 1. The molecule has 9 nitrogen and oxygen atoms in total. The van der Waals surface area contributed by atoms with Gasteiger partial charge in [-0.05, 0) is 19.1 Å². The molecule has 2 rings (SSSR count). The molecule has 138 valence electrons. The van der Waals surface area contributed by atoms with Crippen LogP contribution < -0.4 is 0 Å². The lowest BCUT2D eigenvalue weighted by Crippen LogP contribution is -2.50. The Labute approximate surface area is 145 Å². The van der Waals surface area contributed by atoms with Gasteiger partial charge in [0.25, 0.3) is 5.91 Å². The van der Waals surface area contributed by atoms with Crippen molar-refractivity contribution in [3.63, 3.8) is 0 Å². The zero-order valence-corrected chi connectivity index (χ0v) is 14.5. The molecule has 1 amide bonds. The van der Waals surface area contributed by atoms with E-state index in [1.165, 1.54) is 4.31 Å². The van der Waals surface area contributed by atoms with Crippen LogP contribution >= 0.6 is 0 Å². The summed E-state index contributed by atoms with van der Waals surface area (Å²) >= 11 is 0. The Balaban J connectivity index is 0.000000450. The number of carbonyl (C=O) groups excluding carboxylic acids is 1. The standard InChI is InChI=1S/C13H18N2O3S.C2H2O4/c1-2-19(17,18)15-10-8-14(9-11-15)13(16)12-6-4-3-5-7-12;3-1(4)2(5)6/h3-7H,2,8-11H2,1H3;(H,3,4)(H,5,6). The number of nitrogens with zero attached hydrogens (tertiary/aromatic N) is 2. The second-order valence-corrected chi connectivity index (χ2v) is 7.33. The van der Waals surface area contributed by atoms with Gasteiger partial charge in [-0.2, -0.15) is 4.31 Å². The van der Waals surface area contributed by atoms with Gasteiger partial charge in [-0.25, -0.2) is 18.0 Å². The van der Waals surface area contributed by atoms with Crippen molar-refractivity contribution in [1.82, 2.24) is 9.21 Å². The first-order valence-electron chi connectivity index (χ1n) is 7.47. The van der Waals surface area contributed by atoms with Crippen LogP contribution in [-0.4, -0.2) is 77.6 Å². The maximum absolute atomic E-state index is 12.2. The number of aliphatic carboxylic acids is 2. The molecule has 0 spiro atoms. The number of hydrogen-bond donors (Lipinski definition) is 2. The van der Waals surface area contributed by atoms with Crippen LogP contribution in [0.2, 0.25) is 0 Å². The number of amides is 1. The van der Waals surface area contributed by atoms with E-state index in [1.54, 1.807) is 24.0 Å². The quantitative estimate of drug-likeness (QED) is 0.711. The zero-order chi connectivity index (χ0) is 19.0. The van der Waals surface area contributed by atoms with Crippen LogP contribution in [0.5, 0.6) is 0 Å². The van der Waals surface area contributed by atoms with Crippen LogP contribution in [0, 0.1) is 0 Å². The summed E-state index contributed by atoms with van der Waals surface area (Å²) in [6.45, 7) is 3.31. The summed E-state index contributed by atoms with van der Waals surface area (Å²) in [5.74, 6) is -3.57.